The maximum atomic E-state index is 6.02. The Morgan fingerprint density at radius 3 is 2.19 bits per heavy atom. The highest BCUT2D eigenvalue weighted by molar-refractivity contribution is 5.69. The highest BCUT2D eigenvalue weighted by atomic mass is 15.1. The summed E-state index contributed by atoms with van der Waals surface area (Å²) in [5.41, 5.74) is 11.1. The van der Waals surface area contributed by atoms with E-state index in [-0.39, 0.29) is 0 Å². The summed E-state index contributed by atoms with van der Waals surface area (Å²) in [7, 11) is 0. The van der Waals surface area contributed by atoms with Crippen LogP contribution in [0, 0.1) is 0 Å². The van der Waals surface area contributed by atoms with Crippen LogP contribution >= 0.6 is 0 Å². The van der Waals surface area contributed by atoms with Crippen molar-refractivity contribution in [1.82, 2.24) is 0 Å². The van der Waals surface area contributed by atoms with Crippen LogP contribution < -0.4 is 10.6 Å². The van der Waals surface area contributed by atoms with Gasteiger partial charge < -0.3 is 10.6 Å². The number of benzene rings is 2. The minimum atomic E-state index is 0.604. The zero-order valence-electron chi connectivity index (χ0n) is 12.6. The lowest BCUT2D eigenvalue weighted by molar-refractivity contribution is 0.726. The van der Waals surface area contributed by atoms with Gasteiger partial charge in [0.2, 0.25) is 0 Å². The molecule has 1 saturated heterocycles. The van der Waals surface area contributed by atoms with E-state index in [2.05, 4.69) is 53.4 Å². The van der Waals surface area contributed by atoms with Crippen LogP contribution in [0.5, 0.6) is 0 Å². The average Bonchev–Trinajstić information content (AvgIpc) is 2.84. The van der Waals surface area contributed by atoms with E-state index >= 15 is 0 Å². The monoisotopic (exact) mass is 280 g/mol. The van der Waals surface area contributed by atoms with E-state index < -0.39 is 0 Å². The molecule has 0 amide bonds. The third-order valence-corrected chi connectivity index (χ3v) is 4.35. The van der Waals surface area contributed by atoms with Gasteiger partial charge in [-0.2, -0.15) is 0 Å². The Bertz CT molecular complexity index is 569. The van der Waals surface area contributed by atoms with Crippen molar-refractivity contribution in [3.8, 4) is 11.1 Å². The molecule has 2 aromatic rings. The van der Waals surface area contributed by atoms with Crippen molar-refractivity contribution >= 4 is 5.69 Å². The maximum absolute atomic E-state index is 6.02. The second kappa shape index (κ2) is 6.77. The highest BCUT2D eigenvalue weighted by Crippen LogP contribution is 2.29. The fourth-order valence-electron chi connectivity index (χ4n) is 3.18. The van der Waals surface area contributed by atoms with Gasteiger partial charge in [0.15, 0.2) is 0 Å². The summed E-state index contributed by atoms with van der Waals surface area (Å²) in [5.74, 6) is 0. The number of nitrogens with zero attached hydrogens (tertiary/aromatic N) is 1. The summed E-state index contributed by atoms with van der Waals surface area (Å²) in [4.78, 5) is 2.52. The lowest BCUT2D eigenvalue weighted by Crippen LogP contribution is -2.25. The number of anilines is 1. The van der Waals surface area contributed by atoms with Crippen LogP contribution in [-0.2, 0) is 6.54 Å². The van der Waals surface area contributed by atoms with Crippen LogP contribution in [0.4, 0.5) is 5.69 Å². The molecule has 1 aliphatic heterocycles. The topological polar surface area (TPSA) is 29.3 Å². The first kappa shape index (κ1) is 14.2. The molecule has 0 spiro atoms. The van der Waals surface area contributed by atoms with E-state index in [1.165, 1.54) is 48.1 Å². The zero-order chi connectivity index (χ0) is 14.5. The van der Waals surface area contributed by atoms with E-state index in [4.69, 9.17) is 5.73 Å². The van der Waals surface area contributed by atoms with Gasteiger partial charge in [0.25, 0.3) is 0 Å². The van der Waals surface area contributed by atoms with Gasteiger partial charge in [-0.3, -0.25) is 0 Å². The molecule has 110 valence electrons. The molecule has 0 radical (unpaired) electrons. The van der Waals surface area contributed by atoms with Crippen LogP contribution in [-0.4, -0.2) is 13.1 Å². The Morgan fingerprint density at radius 2 is 1.52 bits per heavy atom. The van der Waals surface area contributed by atoms with Crippen LogP contribution in [0.1, 0.15) is 31.2 Å². The summed E-state index contributed by atoms with van der Waals surface area (Å²) in [6.45, 7) is 2.93. The molecule has 0 aromatic heterocycles. The first-order valence-electron chi connectivity index (χ1n) is 8.02. The van der Waals surface area contributed by atoms with Crippen LogP contribution in [0.15, 0.2) is 48.5 Å². The van der Waals surface area contributed by atoms with E-state index in [0.717, 1.165) is 13.1 Å². The Labute approximate surface area is 127 Å². The molecule has 3 rings (SSSR count). The minimum Gasteiger partial charge on any atom is -0.371 e. The Morgan fingerprint density at radius 1 is 0.810 bits per heavy atom. The minimum absolute atomic E-state index is 0.604. The quantitative estimate of drug-likeness (QED) is 0.913. The standard InChI is InChI=1S/C19H24N2/c20-15-18-14-17(16-8-4-3-5-9-16)10-11-19(18)21-12-6-1-2-7-13-21/h3-5,8-11,14H,1-2,6-7,12-13,15,20H2. The molecule has 0 atom stereocenters. The summed E-state index contributed by atoms with van der Waals surface area (Å²) in [6, 6.07) is 17.3. The number of nitrogens with two attached hydrogens (primary N) is 1. The van der Waals surface area contributed by atoms with E-state index in [1.54, 1.807) is 0 Å². The first-order valence-corrected chi connectivity index (χ1v) is 8.02. The van der Waals surface area contributed by atoms with Gasteiger partial charge in [-0.15, -0.1) is 0 Å². The van der Waals surface area contributed by atoms with Crippen LogP contribution in [0.3, 0.4) is 0 Å². The van der Waals surface area contributed by atoms with E-state index in [9.17, 15) is 0 Å². The van der Waals surface area contributed by atoms with Gasteiger partial charge >= 0.3 is 0 Å². The molecule has 0 saturated carbocycles. The third-order valence-electron chi connectivity index (χ3n) is 4.35. The summed E-state index contributed by atoms with van der Waals surface area (Å²) >= 11 is 0. The number of hydrogen-bond acceptors (Lipinski definition) is 2. The van der Waals surface area contributed by atoms with Gasteiger partial charge in [-0.1, -0.05) is 49.2 Å². The average molecular weight is 280 g/mol. The van der Waals surface area contributed by atoms with Crippen molar-refractivity contribution in [2.24, 2.45) is 5.73 Å². The van der Waals surface area contributed by atoms with Crippen LogP contribution in [0.2, 0.25) is 0 Å². The second-order valence-corrected chi connectivity index (χ2v) is 5.81. The zero-order valence-corrected chi connectivity index (χ0v) is 12.6. The second-order valence-electron chi connectivity index (χ2n) is 5.81. The van der Waals surface area contributed by atoms with Gasteiger partial charge in [0, 0.05) is 25.3 Å². The predicted molar refractivity (Wildman–Crippen MR) is 90.5 cm³/mol. The molecule has 1 fully saturated rings. The van der Waals surface area contributed by atoms with Crippen molar-refractivity contribution in [3.05, 3.63) is 54.1 Å². The van der Waals surface area contributed by atoms with Gasteiger partial charge in [0.05, 0.1) is 0 Å². The summed E-state index contributed by atoms with van der Waals surface area (Å²) in [5, 5.41) is 0. The third kappa shape index (κ3) is 3.27. The smallest absolute Gasteiger partial charge is 0.0412 e. The molecule has 1 heterocycles. The largest absolute Gasteiger partial charge is 0.371 e. The van der Waals surface area contributed by atoms with E-state index in [1.807, 2.05) is 0 Å². The highest BCUT2D eigenvalue weighted by Gasteiger charge is 2.13. The molecule has 0 unspecified atom stereocenters. The van der Waals surface area contributed by atoms with Crippen molar-refractivity contribution in [1.29, 1.82) is 0 Å². The molecular weight excluding hydrogens is 256 g/mol. The van der Waals surface area contributed by atoms with Gasteiger partial charge in [-0.25, -0.2) is 0 Å². The molecule has 0 bridgehead atoms. The Balaban J connectivity index is 1.92. The molecule has 2 aromatic carbocycles. The molecular formula is C19H24N2. The van der Waals surface area contributed by atoms with Crippen molar-refractivity contribution in [2.45, 2.75) is 32.2 Å². The molecule has 2 nitrogen and oxygen atoms in total. The fourth-order valence-corrected chi connectivity index (χ4v) is 3.18. The fraction of sp³-hybridized carbons (Fsp3) is 0.368. The van der Waals surface area contributed by atoms with E-state index in [0.29, 0.717) is 6.54 Å². The van der Waals surface area contributed by atoms with Gasteiger partial charge in [0.1, 0.15) is 0 Å². The molecule has 2 heteroatoms. The predicted octanol–water partition coefficient (Wildman–Crippen LogP) is 4.19. The van der Waals surface area contributed by atoms with Gasteiger partial charge in [-0.05, 0) is 41.7 Å². The normalized spacial score (nSPS) is 15.8. The molecule has 21 heavy (non-hydrogen) atoms. The lowest BCUT2D eigenvalue weighted by Gasteiger charge is -2.25. The Kier molecular flexibility index (Phi) is 4.56. The maximum Gasteiger partial charge on any atom is 0.0412 e. The first-order chi connectivity index (χ1) is 10.4. The molecule has 0 aliphatic carbocycles. The summed E-state index contributed by atoms with van der Waals surface area (Å²) in [6.07, 6.45) is 5.31. The molecule has 1 aliphatic rings. The number of hydrogen-bond donors (Lipinski definition) is 1. The lowest BCUT2D eigenvalue weighted by atomic mass is 10.0. The van der Waals surface area contributed by atoms with Crippen molar-refractivity contribution < 1.29 is 0 Å². The number of rotatable bonds is 3. The summed E-state index contributed by atoms with van der Waals surface area (Å²) < 4.78 is 0. The van der Waals surface area contributed by atoms with Crippen LogP contribution in [0.25, 0.3) is 11.1 Å². The Hall–Kier alpha value is -1.80. The SMILES string of the molecule is NCc1cc(-c2ccccc2)ccc1N1CCCCCC1. The van der Waals surface area contributed by atoms with Crippen molar-refractivity contribution in [3.63, 3.8) is 0 Å². The van der Waals surface area contributed by atoms with Crippen molar-refractivity contribution in [2.75, 3.05) is 18.0 Å². The molecule has 2 N–H and O–H groups in total.